The van der Waals surface area contributed by atoms with Crippen molar-refractivity contribution in [2.24, 2.45) is 5.92 Å². The van der Waals surface area contributed by atoms with E-state index in [1.807, 2.05) is 0 Å². The fourth-order valence-corrected chi connectivity index (χ4v) is 1.17. The van der Waals surface area contributed by atoms with Crippen molar-refractivity contribution in [3.05, 3.63) is 0 Å². The van der Waals surface area contributed by atoms with Crippen LogP contribution in [0.1, 0.15) is 13.3 Å². The Balaban J connectivity index is 4.35. The summed E-state index contributed by atoms with van der Waals surface area (Å²) in [5, 5.41) is 17.3. The minimum atomic E-state index is -1.43. The first kappa shape index (κ1) is 11.9. The van der Waals surface area contributed by atoms with Gasteiger partial charge >= 0.3 is 5.97 Å². The molecule has 0 heterocycles. The predicted molar refractivity (Wildman–Crippen MR) is 44.5 cm³/mol. The summed E-state index contributed by atoms with van der Waals surface area (Å²) in [7, 11) is 0. The fraction of sp³-hybridized carbons (Fsp3) is 0.571. The third-order valence-corrected chi connectivity index (χ3v) is 1.87. The third kappa shape index (κ3) is 4.48. The molecule has 6 heteroatoms. The number of nitrogens with zero attached hydrogens (tertiary/aromatic N) is 1. The molecule has 0 spiro atoms. The quantitative estimate of drug-likeness (QED) is 0.550. The lowest BCUT2D eigenvalue weighted by molar-refractivity contribution is -0.144. The van der Waals surface area contributed by atoms with E-state index in [2.05, 4.69) is 0 Å². The summed E-state index contributed by atoms with van der Waals surface area (Å²) >= 11 is 0.229. The monoisotopic (exact) mass is 205 g/mol. The Hall–Kier alpha value is -1.09. The topological polar surface area (TPSA) is 78.2 Å². The Labute approximate surface area is 78.7 Å². The van der Waals surface area contributed by atoms with Crippen LogP contribution in [0.2, 0.25) is 0 Å². The number of carbonyl (C=O) groups excluding carboxylic acids is 1. The molecule has 0 aromatic carbocycles. The number of rotatable bonds is 4. The van der Waals surface area contributed by atoms with Crippen LogP contribution in [0.25, 0.3) is 0 Å². The molecule has 0 bridgehead atoms. The van der Waals surface area contributed by atoms with Crippen LogP contribution in [0.4, 0.5) is 4.39 Å². The Kier molecular flexibility index (Phi) is 5.07. The summed E-state index contributed by atoms with van der Waals surface area (Å²) in [5.41, 5.74) is 0. The number of aliphatic carboxylic acids is 1. The second-order valence-electron chi connectivity index (χ2n) is 2.42. The van der Waals surface area contributed by atoms with Gasteiger partial charge in [-0.2, -0.15) is 5.26 Å². The number of halogens is 1. The van der Waals surface area contributed by atoms with Crippen LogP contribution in [0.15, 0.2) is 0 Å². The van der Waals surface area contributed by atoms with Gasteiger partial charge in [-0.15, -0.1) is 0 Å². The average Bonchev–Trinajstić information content (AvgIpc) is 1.99. The second-order valence-corrected chi connectivity index (χ2v) is 3.21. The number of alkyl halides is 1. The van der Waals surface area contributed by atoms with Crippen LogP contribution >= 0.6 is 11.8 Å². The van der Waals surface area contributed by atoms with E-state index < -0.39 is 23.2 Å². The molecule has 72 valence electrons. The van der Waals surface area contributed by atoms with Crippen LogP contribution in [-0.2, 0) is 9.59 Å². The van der Waals surface area contributed by atoms with E-state index in [0.29, 0.717) is 0 Å². The molecule has 0 saturated carbocycles. The summed E-state index contributed by atoms with van der Waals surface area (Å²) in [5.74, 6) is -2.82. The molecule has 0 amide bonds. The SMILES string of the molecule is CC(F)CC(C(=O)O)C(=O)SC#N. The van der Waals surface area contributed by atoms with Gasteiger partial charge < -0.3 is 5.11 Å². The number of hydrogen-bond acceptors (Lipinski definition) is 4. The van der Waals surface area contributed by atoms with E-state index >= 15 is 0 Å². The van der Waals surface area contributed by atoms with Crippen molar-refractivity contribution < 1.29 is 19.1 Å². The van der Waals surface area contributed by atoms with Gasteiger partial charge in [-0.25, -0.2) is 4.39 Å². The van der Waals surface area contributed by atoms with Gasteiger partial charge in [0.2, 0.25) is 5.12 Å². The highest BCUT2D eigenvalue weighted by Crippen LogP contribution is 2.17. The van der Waals surface area contributed by atoms with Crippen molar-refractivity contribution in [3.8, 4) is 5.40 Å². The largest absolute Gasteiger partial charge is 0.481 e. The zero-order valence-electron chi connectivity index (χ0n) is 6.86. The molecule has 0 rings (SSSR count). The molecule has 0 fully saturated rings. The van der Waals surface area contributed by atoms with Crippen molar-refractivity contribution in [2.45, 2.75) is 19.5 Å². The van der Waals surface area contributed by atoms with E-state index in [1.165, 1.54) is 12.3 Å². The number of carbonyl (C=O) groups is 2. The predicted octanol–water partition coefficient (Wildman–Crippen LogP) is 1.18. The summed E-state index contributed by atoms with van der Waals surface area (Å²) in [6.45, 7) is 1.17. The van der Waals surface area contributed by atoms with E-state index in [0.717, 1.165) is 0 Å². The molecule has 0 saturated heterocycles. The second kappa shape index (κ2) is 5.54. The van der Waals surface area contributed by atoms with Gasteiger partial charge in [-0.3, -0.25) is 9.59 Å². The average molecular weight is 205 g/mol. The molecular weight excluding hydrogens is 197 g/mol. The van der Waals surface area contributed by atoms with E-state index in [1.54, 1.807) is 0 Å². The van der Waals surface area contributed by atoms with Crippen LogP contribution in [0.3, 0.4) is 0 Å². The molecule has 2 unspecified atom stereocenters. The highest BCUT2D eigenvalue weighted by molar-refractivity contribution is 8.17. The molecule has 13 heavy (non-hydrogen) atoms. The van der Waals surface area contributed by atoms with Crippen LogP contribution in [-0.4, -0.2) is 22.4 Å². The van der Waals surface area contributed by atoms with E-state index in [-0.39, 0.29) is 18.2 Å². The van der Waals surface area contributed by atoms with Crippen molar-refractivity contribution in [1.29, 1.82) is 5.26 Å². The zero-order valence-corrected chi connectivity index (χ0v) is 7.68. The number of thioether (sulfide) groups is 1. The normalized spacial score (nSPS) is 14.2. The molecule has 0 aromatic rings. The smallest absolute Gasteiger partial charge is 0.315 e. The van der Waals surface area contributed by atoms with Gasteiger partial charge in [0, 0.05) is 11.8 Å². The van der Waals surface area contributed by atoms with Crippen LogP contribution < -0.4 is 0 Å². The Morgan fingerprint density at radius 2 is 2.23 bits per heavy atom. The molecular formula is C7H8FNO3S. The van der Waals surface area contributed by atoms with Gasteiger partial charge in [0.1, 0.15) is 11.3 Å². The molecule has 0 aromatic heterocycles. The maximum Gasteiger partial charge on any atom is 0.315 e. The number of thiocyanates is 1. The van der Waals surface area contributed by atoms with Crippen molar-refractivity contribution in [3.63, 3.8) is 0 Å². The molecule has 2 atom stereocenters. The van der Waals surface area contributed by atoms with Crippen molar-refractivity contribution in [2.75, 3.05) is 0 Å². The van der Waals surface area contributed by atoms with Crippen LogP contribution in [0.5, 0.6) is 0 Å². The lowest BCUT2D eigenvalue weighted by Gasteiger charge is -2.08. The maximum absolute atomic E-state index is 12.4. The first-order valence-electron chi connectivity index (χ1n) is 3.45. The maximum atomic E-state index is 12.4. The number of hydrogen-bond donors (Lipinski definition) is 1. The van der Waals surface area contributed by atoms with E-state index in [9.17, 15) is 14.0 Å². The fourth-order valence-electron chi connectivity index (χ4n) is 0.739. The number of carboxylic acids is 1. The van der Waals surface area contributed by atoms with Gasteiger partial charge in [0.05, 0.1) is 6.17 Å². The number of carboxylic acid groups (broad SMARTS) is 1. The summed E-state index contributed by atoms with van der Waals surface area (Å²) in [6.07, 6.45) is -1.76. The Morgan fingerprint density at radius 1 is 1.69 bits per heavy atom. The van der Waals surface area contributed by atoms with Crippen LogP contribution in [0, 0.1) is 16.6 Å². The first-order chi connectivity index (χ1) is 5.99. The summed E-state index contributed by atoms with van der Waals surface area (Å²) < 4.78 is 12.4. The van der Waals surface area contributed by atoms with Gasteiger partial charge in [-0.05, 0) is 13.3 Å². The Bertz CT molecular complexity index is 249. The molecule has 0 aliphatic heterocycles. The minimum absolute atomic E-state index is 0.229. The number of nitriles is 1. The highest BCUT2D eigenvalue weighted by Gasteiger charge is 2.28. The Morgan fingerprint density at radius 3 is 2.54 bits per heavy atom. The van der Waals surface area contributed by atoms with Crippen molar-refractivity contribution >= 4 is 22.8 Å². The van der Waals surface area contributed by atoms with E-state index in [4.69, 9.17) is 10.4 Å². The van der Waals surface area contributed by atoms with Gasteiger partial charge in [0.25, 0.3) is 0 Å². The lowest BCUT2D eigenvalue weighted by Crippen LogP contribution is -2.23. The third-order valence-electron chi connectivity index (χ3n) is 1.29. The van der Waals surface area contributed by atoms with Gasteiger partial charge in [0.15, 0.2) is 0 Å². The zero-order chi connectivity index (χ0) is 10.4. The molecule has 1 N–H and O–H groups in total. The summed E-state index contributed by atoms with van der Waals surface area (Å²) in [4.78, 5) is 21.4. The van der Waals surface area contributed by atoms with Gasteiger partial charge in [-0.1, -0.05) is 0 Å². The minimum Gasteiger partial charge on any atom is -0.481 e. The molecule has 4 nitrogen and oxygen atoms in total. The molecule has 0 aliphatic carbocycles. The first-order valence-corrected chi connectivity index (χ1v) is 4.27. The molecule has 0 aliphatic rings. The standard InChI is InChI=1S/C7H8FNO3S/c1-4(8)2-5(6(10)11)7(12)13-3-9/h4-5H,2H2,1H3,(H,10,11). The molecule has 0 radical (unpaired) electrons. The lowest BCUT2D eigenvalue weighted by atomic mass is 10.1. The van der Waals surface area contributed by atoms with Crippen molar-refractivity contribution in [1.82, 2.24) is 0 Å². The summed E-state index contributed by atoms with van der Waals surface area (Å²) in [6, 6.07) is 0. The highest BCUT2D eigenvalue weighted by atomic mass is 32.2.